The number of nitrogens with zero attached hydrogens (tertiary/aromatic N) is 2. The number of aryl methyl sites for hydroxylation is 1. The first kappa shape index (κ1) is 18.9. The molecule has 0 unspecified atom stereocenters. The lowest BCUT2D eigenvalue weighted by Gasteiger charge is -2.40. The molecular formula is C20H29N3O3S. The molecular weight excluding hydrogens is 362 g/mol. The van der Waals surface area contributed by atoms with Crippen LogP contribution in [0.5, 0.6) is 0 Å². The number of hydrogen-bond donors (Lipinski definition) is 1. The number of amides is 1. The first-order valence-electron chi connectivity index (χ1n) is 10.2. The summed E-state index contributed by atoms with van der Waals surface area (Å²) >= 11 is 0. The van der Waals surface area contributed by atoms with Crippen LogP contribution >= 0.6 is 0 Å². The van der Waals surface area contributed by atoms with Crippen molar-refractivity contribution in [3.05, 3.63) is 23.8 Å². The summed E-state index contributed by atoms with van der Waals surface area (Å²) in [5.74, 6) is 0.00296. The minimum Gasteiger partial charge on any atom is -0.326 e. The molecule has 1 N–H and O–H groups in total. The number of hydrogen-bond acceptors (Lipinski definition) is 4. The maximum Gasteiger partial charge on any atom is 0.243 e. The number of rotatable bonds is 3. The Morgan fingerprint density at radius 2 is 1.67 bits per heavy atom. The van der Waals surface area contributed by atoms with E-state index in [2.05, 4.69) is 10.2 Å². The Balaban J connectivity index is 1.46. The summed E-state index contributed by atoms with van der Waals surface area (Å²) < 4.78 is 27.9. The third-order valence-corrected chi connectivity index (χ3v) is 8.10. The van der Waals surface area contributed by atoms with E-state index < -0.39 is 10.0 Å². The van der Waals surface area contributed by atoms with Gasteiger partial charge in [-0.2, -0.15) is 4.31 Å². The number of sulfonamides is 1. The van der Waals surface area contributed by atoms with Crippen molar-refractivity contribution < 1.29 is 13.2 Å². The van der Waals surface area contributed by atoms with Crippen molar-refractivity contribution in [3.63, 3.8) is 0 Å². The van der Waals surface area contributed by atoms with Gasteiger partial charge in [-0.15, -0.1) is 0 Å². The maximum absolute atomic E-state index is 13.1. The second kappa shape index (κ2) is 7.89. The van der Waals surface area contributed by atoms with E-state index in [9.17, 15) is 13.2 Å². The topological polar surface area (TPSA) is 69.7 Å². The summed E-state index contributed by atoms with van der Waals surface area (Å²) in [6.07, 6.45) is 8.41. The van der Waals surface area contributed by atoms with Crippen LogP contribution in [0.25, 0.3) is 0 Å². The van der Waals surface area contributed by atoms with Crippen molar-refractivity contribution >= 4 is 21.6 Å². The molecule has 1 aromatic carbocycles. The number of fused-ring (bicyclic) bond motifs is 1. The molecule has 1 amide bonds. The molecule has 6 nitrogen and oxygen atoms in total. The minimum absolute atomic E-state index is 0.00296. The average Bonchev–Trinajstić information content (AvgIpc) is 2.88. The fraction of sp³-hybridized carbons (Fsp3) is 0.650. The molecule has 2 fully saturated rings. The lowest BCUT2D eigenvalue weighted by atomic mass is 9.94. The van der Waals surface area contributed by atoms with E-state index in [1.807, 2.05) is 0 Å². The van der Waals surface area contributed by atoms with Gasteiger partial charge in [0.15, 0.2) is 0 Å². The third kappa shape index (κ3) is 4.05. The summed E-state index contributed by atoms with van der Waals surface area (Å²) in [5.41, 5.74) is 1.67. The molecule has 7 heteroatoms. The fourth-order valence-corrected chi connectivity index (χ4v) is 6.09. The third-order valence-electron chi connectivity index (χ3n) is 6.20. The zero-order valence-electron chi connectivity index (χ0n) is 15.8. The molecule has 0 bridgehead atoms. The number of piperazine rings is 1. The quantitative estimate of drug-likeness (QED) is 0.860. The number of anilines is 1. The predicted molar refractivity (Wildman–Crippen MR) is 105 cm³/mol. The van der Waals surface area contributed by atoms with Crippen molar-refractivity contribution in [2.45, 2.75) is 62.3 Å². The summed E-state index contributed by atoms with van der Waals surface area (Å²) in [5, 5.41) is 2.87. The van der Waals surface area contributed by atoms with Gasteiger partial charge in [0.05, 0.1) is 4.90 Å². The molecule has 1 saturated carbocycles. The second-order valence-electron chi connectivity index (χ2n) is 7.95. The van der Waals surface area contributed by atoms with Crippen molar-refractivity contribution in [2.75, 3.05) is 31.5 Å². The summed E-state index contributed by atoms with van der Waals surface area (Å²) in [4.78, 5) is 14.5. The van der Waals surface area contributed by atoms with Crippen LogP contribution in [0.4, 0.5) is 5.69 Å². The van der Waals surface area contributed by atoms with E-state index in [0.717, 1.165) is 37.2 Å². The van der Waals surface area contributed by atoms with Crippen molar-refractivity contribution in [1.29, 1.82) is 0 Å². The van der Waals surface area contributed by atoms with Crippen LogP contribution in [-0.4, -0.2) is 55.8 Å². The van der Waals surface area contributed by atoms with Gasteiger partial charge in [-0.25, -0.2) is 8.42 Å². The van der Waals surface area contributed by atoms with Gasteiger partial charge in [0.1, 0.15) is 0 Å². The molecule has 2 heterocycles. The van der Waals surface area contributed by atoms with Gasteiger partial charge in [0, 0.05) is 44.3 Å². The zero-order valence-corrected chi connectivity index (χ0v) is 16.6. The van der Waals surface area contributed by atoms with Crippen LogP contribution in [-0.2, 0) is 21.2 Å². The molecule has 0 atom stereocenters. The van der Waals surface area contributed by atoms with E-state index in [0.29, 0.717) is 30.4 Å². The van der Waals surface area contributed by atoms with E-state index >= 15 is 0 Å². The molecule has 27 heavy (non-hydrogen) atoms. The molecule has 2 aliphatic heterocycles. The molecule has 1 saturated heterocycles. The first-order chi connectivity index (χ1) is 13.0. The van der Waals surface area contributed by atoms with Crippen LogP contribution in [0.1, 0.15) is 50.5 Å². The number of nitrogens with one attached hydrogen (secondary N) is 1. The van der Waals surface area contributed by atoms with Crippen LogP contribution < -0.4 is 5.32 Å². The molecule has 0 radical (unpaired) electrons. The number of carbonyl (C=O) groups is 1. The van der Waals surface area contributed by atoms with Crippen LogP contribution in [0.3, 0.4) is 0 Å². The lowest BCUT2D eigenvalue weighted by molar-refractivity contribution is -0.116. The summed E-state index contributed by atoms with van der Waals surface area (Å²) in [6, 6.07) is 5.76. The predicted octanol–water partition coefficient (Wildman–Crippen LogP) is 2.60. The van der Waals surface area contributed by atoms with Crippen molar-refractivity contribution in [1.82, 2.24) is 9.21 Å². The molecule has 4 rings (SSSR count). The Hall–Kier alpha value is -1.44. The number of benzene rings is 1. The number of carbonyl (C=O) groups excluding carboxylic acids is 1. The first-order valence-corrected chi connectivity index (χ1v) is 11.6. The zero-order chi connectivity index (χ0) is 18.9. The van der Waals surface area contributed by atoms with Crippen LogP contribution in [0.2, 0.25) is 0 Å². The Bertz CT molecular complexity index is 795. The Morgan fingerprint density at radius 3 is 2.41 bits per heavy atom. The van der Waals surface area contributed by atoms with Gasteiger partial charge in [0.25, 0.3) is 0 Å². The second-order valence-corrected chi connectivity index (χ2v) is 9.89. The molecule has 1 aromatic rings. The van der Waals surface area contributed by atoms with E-state index in [1.54, 1.807) is 22.5 Å². The summed E-state index contributed by atoms with van der Waals surface area (Å²) in [7, 11) is -3.48. The smallest absolute Gasteiger partial charge is 0.243 e. The van der Waals surface area contributed by atoms with E-state index in [-0.39, 0.29) is 5.91 Å². The highest BCUT2D eigenvalue weighted by Gasteiger charge is 2.32. The molecule has 3 aliphatic rings. The van der Waals surface area contributed by atoms with Crippen LogP contribution in [0, 0.1) is 0 Å². The van der Waals surface area contributed by atoms with Gasteiger partial charge in [0.2, 0.25) is 15.9 Å². The van der Waals surface area contributed by atoms with Crippen LogP contribution in [0.15, 0.2) is 23.1 Å². The van der Waals surface area contributed by atoms with Crippen molar-refractivity contribution in [3.8, 4) is 0 Å². The summed E-state index contributed by atoms with van der Waals surface area (Å²) in [6.45, 7) is 2.77. The van der Waals surface area contributed by atoms with E-state index in [4.69, 9.17) is 0 Å². The van der Waals surface area contributed by atoms with Gasteiger partial charge in [-0.05, 0) is 49.4 Å². The SMILES string of the molecule is O=C1CCCc2cc(S(=O)(=O)N3CCN(C4CCCCC4)CC3)ccc2N1. The van der Waals surface area contributed by atoms with Gasteiger partial charge in [-0.3, -0.25) is 9.69 Å². The Morgan fingerprint density at radius 1 is 0.926 bits per heavy atom. The van der Waals surface area contributed by atoms with Crippen molar-refractivity contribution in [2.24, 2.45) is 0 Å². The van der Waals surface area contributed by atoms with E-state index in [1.165, 1.54) is 32.1 Å². The lowest BCUT2D eigenvalue weighted by Crippen LogP contribution is -2.52. The normalized spacial score (nSPS) is 23.5. The standard InChI is InChI=1S/C20H29N3O3S/c24-20-8-4-5-16-15-18(9-10-19(16)21-20)27(25,26)23-13-11-22(12-14-23)17-6-2-1-3-7-17/h9-10,15,17H,1-8,11-14H2,(H,21,24). The molecule has 0 spiro atoms. The van der Waals surface area contributed by atoms with Gasteiger partial charge in [-0.1, -0.05) is 19.3 Å². The highest BCUT2D eigenvalue weighted by Crippen LogP contribution is 2.28. The maximum atomic E-state index is 13.1. The molecule has 148 valence electrons. The van der Waals surface area contributed by atoms with Gasteiger partial charge >= 0.3 is 0 Å². The highest BCUT2D eigenvalue weighted by molar-refractivity contribution is 7.89. The Labute approximate surface area is 162 Å². The minimum atomic E-state index is -3.48. The average molecular weight is 392 g/mol. The van der Waals surface area contributed by atoms with Gasteiger partial charge < -0.3 is 5.32 Å². The largest absolute Gasteiger partial charge is 0.326 e. The fourth-order valence-electron chi connectivity index (χ4n) is 4.62. The Kier molecular flexibility index (Phi) is 5.53. The molecule has 1 aliphatic carbocycles. The highest BCUT2D eigenvalue weighted by atomic mass is 32.2. The molecule has 0 aromatic heterocycles. The monoisotopic (exact) mass is 391 g/mol.